The van der Waals surface area contributed by atoms with Gasteiger partial charge in [0.1, 0.15) is 16.9 Å². The monoisotopic (exact) mass is 486 g/mol. The van der Waals surface area contributed by atoms with E-state index in [-0.39, 0.29) is 5.91 Å². The largest absolute Gasteiger partial charge is 0.493 e. The maximum Gasteiger partial charge on any atom is 0.256 e. The Balaban J connectivity index is 1.46. The highest BCUT2D eigenvalue weighted by Crippen LogP contribution is 2.43. The minimum atomic E-state index is -0.407. The number of benzene rings is 2. The van der Waals surface area contributed by atoms with Crippen molar-refractivity contribution in [1.82, 2.24) is 15.1 Å². The summed E-state index contributed by atoms with van der Waals surface area (Å²) in [5.74, 6) is 1.26. The number of hydrogen-bond donors (Lipinski definition) is 2. The lowest BCUT2D eigenvalue weighted by atomic mass is 9.94. The number of anilines is 1. The van der Waals surface area contributed by atoms with Crippen LogP contribution in [0.3, 0.4) is 0 Å². The van der Waals surface area contributed by atoms with E-state index in [1.807, 2.05) is 59.4 Å². The number of carbonyl (C=O) groups excluding carboxylic acids is 1. The molecule has 1 amide bonds. The van der Waals surface area contributed by atoms with Gasteiger partial charge in [0.2, 0.25) is 0 Å². The molecule has 8 heteroatoms. The summed E-state index contributed by atoms with van der Waals surface area (Å²) in [7, 11) is 3.24. The molecular weight excluding hydrogens is 460 g/mol. The average Bonchev–Trinajstić information content (AvgIpc) is 3.51. The molecule has 7 nitrogen and oxygen atoms in total. The number of rotatable bonds is 5. The van der Waals surface area contributed by atoms with Gasteiger partial charge in [-0.1, -0.05) is 18.2 Å². The van der Waals surface area contributed by atoms with E-state index >= 15 is 0 Å². The Hall–Kier alpha value is -3.78. The molecule has 6 rings (SSSR count). The summed E-state index contributed by atoms with van der Waals surface area (Å²) in [6.45, 7) is 0. The van der Waals surface area contributed by atoms with Crippen LogP contribution in [0.5, 0.6) is 11.5 Å². The molecular formula is C27H26N4O3S. The van der Waals surface area contributed by atoms with Gasteiger partial charge in [-0.15, -0.1) is 11.3 Å². The Morgan fingerprint density at radius 3 is 2.60 bits per heavy atom. The summed E-state index contributed by atoms with van der Waals surface area (Å²) >= 11 is 1.72. The molecule has 0 saturated carbocycles. The van der Waals surface area contributed by atoms with Crippen molar-refractivity contribution in [2.24, 2.45) is 0 Å². The molecule has 2 N–H and O–H groups in total. The lowest BCUT2D eigenvalue weighted by molar-refractivity contribution is 0.0935. The third kappa shape index (κ3) is 3.74. The van der Waals surface area contributed by atoms with E-state index in [2.05, 4.69) is 10.6 Å². The smallest absolute Gasteiger partial charge is 0.256 e. The number of carbonyl (C=O) groups is 1. The second kappa shape index (κ2) is 8.78. The molecule has 35 heavy (non-hydrogen) atoms. The number of thiophene rings is 1. The molecule has 0 fully saturated rings. The highest BCUT2D eigenvalue weighted by molar-refractivity contribution is 7.16. The summed E-state index contributed by atoms with van der Waals surface area (Å²) in [6.07, 6.45) is 5.93. The summed E-state index contributed by atoms with van der Waals surface area (Å²) in [5, 5.41) is 12.7. The van der Waals surface area contributed by atoms with Gasteiger partial charge in [0.15, 0.2) is 11.5 Å². The van der Waals surface area contributed by atoms with Gasteiger partial charge in [0, 0.05) is 22.2 Å². The van der Waals surface area contributed by atoms with E-state index in [4.69, 9.17) is 14.6 Å². The average molecular weight is 487 g/mol. The molecule has 2 aromatic heterocycles. The van der Waals surface area contributed by atoms with Gasteiger partial charge in [-0.25, -0.2) is 4.68 Å². The summed E-state index contributed by atoms with van der Waals surface area (Å²) in [4.78, 5) is 14.6. The zero-order valence-electron chi connectivity index (χ0n) is 19.6. The lowest BCUT2D eigenvalue weighted by Crippen LogP contribution is -2.38. The van der Waals surface area contributed by atoms with Crippen molar-refractivity contribution in [1.29, 1.82) is 0 Å². The first-order valence-electron chi connectivity index (χ1n) is 11.8. The van der Waals surface area contributed by atoms with Crippen molar-refractivity contribution in [2.45, 2.75) is 31.8 Å². The quantitative estimate of drug-likeness (QED) is 0.398. The van der Waals surface area contributed by atoms with Crippen LogP contribution in [0, 0.1) is 0 Å². The third-order valence-corrected chi connectivity index (χ3v) is 7.90. The Bertz CT molecular complexity index is 1410. The summed E-state index contributed by atoms with van der Waals surface area (Å²) in [5.41, 5.74) is 5.50. The van der Waals surface area contributed by atoms with Gasteiger partial charge < -0.3 is 20.1 Å². The molecule has 0 radical (unpaired) electrons. The van der Waals surface area contributed by atoms with Crippen LogP contribution in [0.15, 0.2) is 54.7 Å². The van der Waals surface area contributed by atoms with Gasteiger partial charge in [-0.05, 0) is 61.6 Å². The molecule has 1 atom stereocenters. The van der Waals surface area contributed by atoms with Crippen LogP contribution >= 0.6 is 11.3 Å². The predicted molar refractivity (Wildman–Crippen MR) is 137 cm³/mol. The minimum Gasteiger partial charge on any atom is -0.493 e. The molecule has 4 aromatic rings. The standard InChI is InChI=1S/C27H26N4O3S/c1-33-20-13-12-16(14-21(20)34-2)24-19(15-31(30-24)17-8-4-3-5-9-17)25-28-26(32)23-18-10-6-7-11-22(18)35-27(23)29-25/h3-5,8-9,12-15,25,29H,6-7,10-11H2,1-2H3,(H,28,32). The molecule has 0 saturated heterocycles. The summed E-state index contributed by atoms with van der Waals surface area (Å²) < 4.78 is 12.8. The van der Waals surface area contributed by atoms with Crippen LogP contribution < -0.4 is 20.1 Å². The van der Waals surface area contributed by atoms with E-state index in [1.165, 1.54) is 16.9 Å². The van der Waals surface area contributed by atoms with E-state index in [9.17, 15) is 4.79 Å². The molecule has 178 valence electrons. The van der Waals surface area contributed by atoms with Crippen molar-refractivity contribution < 1.29 is 14.3 Å². The Kier molecular flexibility index (Phi) is 5.45. The van der Waals surface area contributed by atoms with Crippen molar-refractivity contribution in [3.8, 4) is 28.4 Å². The number of para-hydroxylation sites is 1. The Labute approximate surface area is 207 Å². The first-order valence-corrected chi connectivity index (χ1v) is 12.6. The van der Waals surface area contributed by atoms with Gasteiger partial charge in [0.05, 0.1) is 25.5 Å². The van der Waals surface area contributed by atoms with Crippen LogP contribution in [-0.4, -0.2) is 29.9 Å². The predicted octanol–water partition coefficient (Wildman–Crippen LogP) is 5.35. The topological polar surface area (TPSA) is 77.4 Å². The second-order valence-corrected chi connectivity index (χ2v) is 9.85. The van der Waals surface area contributed by atoms with E-state index in [0.717, 1.165) is 52.3 Å². The zero-order chi connectivity index (χ0) is 23.9. The van der Waals surface area contributed by atoms with Crippen LogP contribution in [-0.2, 0) is 12.8 Å². The third-order valence-electron chi connectivity index (χ3n) is 6.68. The van der Waals surface area contributed by atoms with Crippen molar-refractivity contribution >= 4 is 22.2 Å². The van der Waals surface area contributed by atoms with E-state index in [0.29, 0.717) is 11.5 Å². The molecule has 0 bridgehead atoms. The first-order chi connectivity index (χ1) is 17.2. The number of amides is 1. The van der Waals surface area contributed by atoms with Crippen molar-refractivity contribution in [3.63, 3.8) is 0 Å². The maximum atomic E-state index is 13.3. The van der Waals surface area contributed by atoms with Crippen molar-refractivity contribution in [2.75, 3.05) is 19.5 Å². The molecule has 0 spiro atoms. The highest BCUT2D eigenvalue weighted by atomic mass is 32.1. The molecule has 1 aliphatic heterocycles. The summed E-state index contributed by atoms with van der Waals surface area (Å²) in [6, 6.07) is 15.7. The SMILES string of the molecule is COc1ccc(-c2nn(-c3ccccc3)cc2C2NC(=O)c3c(sc4c3CCCC4)N2)cc1OC. The molecule has 2 aromatic carbocycles. The zero-order valence-corrected chi connectivity index (χ0v) is 20.4. The Morgan fingerprint density at radius 2 is 1.80 bits per heavy atom. The minimum absolute atomic E-state index is 0.0196. The number of ether oxygens (including phenoxy) is 2. The van der Waals surface area contributed by atoms with E-state index in [1.54, 1.807) is 25.6 Å². The van der Waals surface area contributed by atoms with Gasteiger partial charge in [0.25, 0.3) is 5.91 Å². The number of nitrogens with one attached hydrogen (secondary N) is 2. The highest BCUT2D eigenvalue weighted by Gasteiger charge is 2.34. The number of methoxy groups -OCH3 is 2. The first kappa shape index (κ1) is 21.7. The lowest BCUT2D eigenvalue weighted by Gasteiger charge is -2.26. The number of aromatic nitrogens is 2. The molecule has 2 aliphatic rings. The normalized spacial score (nSPS) is 16.6. The molecule has 1 aliphatic carbocycles. The Morgan fingerprint density at radius 1 is 1.00 bits per heavy atom. The fraction of sp³-hybridized carbons (Fsp3) is 0.259. The van der Waals surface area contributed by atoms with Gasteiger partial charge in [-0.2, -0.15) is 5.10 Å². The van der Waals surface area contributed by atoms with Crippen LogP contribution in [0.2, 0.25) is 0 Å². The van der Waals surface area contributed by atoms with Gasteiger partial charge in [-0.3, -0.25) is 4.79 Å². The fourth-order valence-electron chi connectivity index (χ4n) is 4.95. The number of aryl methyl sites for hydroxylation is 1. The second-order valence-electron chi connectivity index (χ2n) is 8.75. The van der Waals surface area contributed by atoms with Gasteiger partial charge >= 0.3 is 0 Å². The number of fused-ring (bicyclic) bond motifs is 3. The van der Waals surface area contributed by atoms with E-state index < -0.39 is 6.17 Å². The molecule has 3 heterocycles. The van der Waals surface area contributed by atoms with Crippen LogP contribution in [0.25, 0.3) is 16.9 Å². The van der Waals surface area contributed by atoms with Crippen LogP contribution in [0.4, 0.5) is 5.00 Å². The fourth-order valence-corrected chi connectivity index (χ4v) is 6.27. The van der Waals surface area contributed by atoms with Crippen molar-refractivity contribution in [3.05, 3.63) is 76.3 Å². The molecule has 1 unspecified atom stereocenters. The number of nitrogens with zero attached hydrogens (tertiary/aromatic N) is 2. The number of hydrogen-bond acceptors (Lipinski definition) is 6. The maximum absolute atomic E-state index is 13.3. The van der Waals surface area contributed by atoms with Crippen LogP contribution in [0.1, 0.15) is 45.4 Å².